The first-order chi connectivity index (χ1) is 9.72. The molecule has 0 aromatic heterocycles. The largest absolute Gasteiger partial charge is 0.192 e. The molecule has 20 heavy (non-hydrogen) atoms. The van der Waals surface area contributed by atoms with E-state index in [0.717, 1.165) is 12.0 Å². The third-order valence-electron chi connectivity index (χ3n) is 4.16. The summed E-state index contributed by atoms with van der Waals surface area (Å²) in [6, 6.07) is 15.3. The molecule has 1 aliphatic carbocycles. The lowest BCUT2D eigenvalue weighted by Crippen LogP contribution is -1.95. The molecule has 1 nitrogen and oxygen atoms in total. The summed E-state index contributed by atoms with van der Waals surface area (Å²) in [6.07, 6.45) is 3.50. The van der Waals surface area contributed by atoms with Gasteiger partial charge in [-0.3, -0.25) is 0 Å². The molecule has 0 bridgehead atoms. The topological polar surface area (TPSA) is 23.8 Å². The van der Waals surface area contributed by atoms with Crippen molar-refractivity contribution >= 4 is 0 Å². The molecule has 0 atom stereocenters. The molecule has 0 aliphatic heterocycles. The first-order valence-electron chi connectivity index (χ1n) is 7.37. The lowest BCUT2D eigenvalue weighted by Gasteiger charge is -2.13. The summed E-state index contributed by atoms with van der Waals surface area (Å²) in [5.74, 6) is 0.698. The van der Waals surface area contributed by atoms with Crippen LogP contribution in [0.2, 0.25) is 0 Å². The minimum Gasteiger partial charge on any atom is -0.192 e. The van der Waals surface area contributed by atoms with Crippen LogP contribution in [0.5, 0.6) is 0 Å². The maximum absolute atomic E-state index is 9.36. The summed E-state index contributed by atoms with van der Waals surface area (Å²) in [4.78, 5) is 0. The first-order valence-corrected chi connectivity index (χ1v) is 7.37. The lowest BCUT2D eigenvalue weighted by atomic mass is 9.90. The van der Waals surface area contributed by atoms with E-state index in [1.165, 1.54) is 40.7 Å². The second kappa shape index (κ2) is 5.13. The van der Waals surface area contributed by atoms with Gasteiger partial charge in [-0.05, 0) is 60.4 Å². The summed E-state index contributed by atoms with van der Waals surface area (Å²) < 4.78 is 0. The summed E-state index contributed by atoms with van der Waals surface area (Å²) in [6.45, 7) is 4.23. The molecule has 1 heteroatoms. The van der Waals surface area contributed by atoms with Gasteiger partial charge in [0.15, 0.2) is 0 Å². The highest BCUT2D eigenvalue weighted by molar-refractivity contribution is 5.71. The van der Waals surface area contributed by atoms with E-state index in [4.69, 9.17) is 0 Å². The van der Waals surface area contributed by atoms with Crippen LogP contribution in [0.15, 0.2) is 36.4 Å². The molecule has 0 saturated heterocycles. The molecule has 2 aromatic carbocycles. The molecule has 1 saturated carbocycles. The van der Waals surface area contributed by atoms with Crippen LogP contribution in [0.25, 0.3) is 11.1 Å². The monoisotopic (exact) mass is 261 g/mol. The molecular weight excluding hydrogens is 242 g/mol. The van der Waals surface area contributed by atoms with Crippen LogP contribution in [0, 0.1) is 18.3 Å². The van der Waals surface area contributed by atoms with E-state index in [-0.39, 0.29) is 0 Å². The number of aryl methyl sites for hydroxylation is 2. The lowest BCUT2D eigenvalue weighted by molar-refractivity contribution is 1.07. The van der Waals surface area contributed by atoms with Gasteiger partial charge in [0.25, 0.3) is 0 Å². The Morgan fingerprint density at radius 2 is 1.85 bits per heavy atom. The van der Waals surface area contributed by atoms with Gasteiger partial charge in [0, 0.05) is 0 Å². The predicted molar refractivity (Wildman–Crippen MR) is 82.7 cm³/mol. The SMILES string of the molecule is CCc1cc(C2CC2)c(-c2ccc(C)cc2)cc1C#N. The number of nitrogens with zero attached hydrogens (tertiary/aromatic N) is 1. The Morgan fingerprint density at radius 1 is 1.15 bits per heavy atom. The van der Waals surface area contributed by atoms with Crippen molar-refractivity contribution in [2.24, 2.45) is 0 Å². The Labute approximate surface area is 120 Å². The number of benzene rings is 2. The van der Waals surface area contributed by atoms with Gasteiger partial charge in [-0.15, -0.1) is 0 Å². The first kappa shape index (κ1) is 12.9. The zero-order valence-electron chi connectivity index (χ0n) is 12.1. The van der Waals surface area contributed by atoms with Crippen LogP contribution < -0.4 is 0 Å². The molecule has 2 aromatic rings. The highest BCUT2D eigenvalue weighted by Gasteiger charge is 2.27. The molecule has 0 heterocycles. The minimum absolute atomic E-state index is 0.698. The molecule has 1 fully saturated rings. The maximum Gasteiger partial charge on any atom is 0.0994 e. The molecule has 0 radical (unpaired) electrons. The third kappa shape index (κ3) is 2.34. The summed E-state index contributed by atoms with van der Waals surface area (Å²) >= 11 is 0. The van der Waals surface area contributed by atoms with Gasteiger partial charge < -0.3 is 0 Å². The summed E-state index contributed by atoms with van der Waals surface area (Å²) in [5, 5.41) is 9.36. The van der Waals surface area contributed by atoms with Crippen LogP contribution in [-0.2, 0) is 6.42 Å². The van der Waals surface area contributed by atoms with Gasteiger partial charge in [-0.25, -0.2) is 0 Å². The van der Waals surface area contributed by atoms with Crippen LogP contribution in [0.1, 0.15) is 47.9 Å². The van der Waals surface area contributed by atoms with E-state index < -0.39 is 0 Å². The van der Waals surface area contributed by atoms with E-state index in [1.807, 2.05) is 0 Å². The van der Waals surface area contributed by atoms with Crippen molar-refractivity contribution in [3.63, 3.8) is 0 Å². The third-order valence-corrected chi connectivity index (χ3v) is 4.16. The number of hydrogen-bond acceptors (Lipinski definition) is 1. The smallest absolute Gasteiger partial charge is 0.0994 e. The fraction of sp³-hybridized carbons (Fsp3) is 0.316. The fourth-order valence-electron chi connectivity index (χ4n) is 2.78. The Hall–Kier alpha value is -2.07. The number of nitriles is 1. The molecule has 0 spiro atoms. The van der Waals surface area contributed by atoms with Crippen molar-refractivity contribution in [3.05, 3.63) is 58.7 Å². The average Bonchev–Trinajstić information content (AvgIpc) is 3.31. The van der Waals surface area contributed by atoms with E-state index in [9.17, 15) is 5.26 Å². The molecule has 3 rings (SSSR count). The van der Waals surface area contributed by atoms with Gasteiger partial charge >= 0.3 is 0 Å². The Balaban J connectivity index is 2.17. The highest BCUT2D eigenvalue weighted by Crippen LogP contribution is 2.45. The van der Waals surface area contributed by atoms with Crippen LogP contribution >= 0.6 is 0 Å². The van der Waals surface area contributed by atoms with Gasteiger partial charge in [-0.2, -0.15) is 5.26 Å². The normalized spacial score (nSPS) is 14.1. The average molecular weight is 261 g/mol. The van der Waals surface area contributed by atoms with Gasteiger partial charge in [0.2, 0.25) is 0 Å². The minimum atomic E-state index is 0.698. The quantitative estimate of drug-likeness (QED) is 0.765. The molecular formula is C19H19N. The second-order valence-corrected chi connectivity index (χ2v) is 5.70. The maximum atomic E-state index is 9.36. The molecule has 1 aliphatic rings. The second-order valence-electron chi connectivity index (χ2n) is 5.70. The van der Waals surface area contributed by atoms with Crippen molar-refractivity contribution in [3.8, 4) is 17.2 Å². The number of hydrogen-bond donors (Lipinski definition) is 0. The Bertz CT molecular complexity index is 670. The molecule has 0 N–H and O–H groups in total. The summed E-state index contributed by atoms with van der Waals surface area (Å²) in [5.41, 5.74) is 7.20. The van der Waals surface area contributed by atoms with E-state index in [1.54, 1.807) is 0 Å². The van der Waals surface area contributed by atoms with E-state index >= 15 is 0 Å². The van der Waals surface area contributed by atoms with Crippen LogP contribution in [0.4, 0.5) is 0 Å². The zero-order chi connectivity index (χ0) is 14.1. The zero-order valence-corrected chi connectivity index (χ0v) is 12.1. The van der Waals surface area contributed by atoms with Crippen molar-refractivity contribution in [1.82, 2.24) is 0 Å². The van der Waals surface area contributed by atoms with Crippen molar-refractivity contribution in [2.75, 3.05) is 0 Å². The summed E-state index contributed by atoms with van der Waals surface area (Å²) in [7, 11) is 0. The predicted octanol–water partition coefficient (Wildman–Crippen LogP) is 4.97. The standard InChI is InChI=1S/C19H19N/c1-3-14-10-18(16-8-9-16)19(11-17(14)12-20)15-6-4-13(2)5-7-15/h4-7,10-11,16H,3,8-9H2,1-2H3. The van der Waals surface area contributed by atoms with E-state index in [2.05, 4.69) is 56.3 Å². The Kier molecular flexibility index (Phi) is 3.32. The van der Waals surface area contributed by atoms with Crippen molar-refractivity contribution < 1.29 is 0 Å². The van der Waals surface area contributed by atoms with E-state index in [0.29, 0.717) is 5.92 Å². The van der Waals surface area contributed by atoms with Crippen LogP contribution in [-0.4, -0.2) is 0 Å². The van der Waals surface area contributed by atoms with Crippen LogP contribution in [0.3, 0.4) is 0 Å². The Morgan fingerprint density at radius 3 is 2.40 bits per heavy atom. The van der Waals surface area contributed by atoms with Gasteiger partial charge in [0.05, 0.1) is 11.6 Å². The number of rotatable bonds is 3. The molecule has 0 unspecified atom stereocenters. The highest BCUT2D eigenvalue weighted by atomic mass is 14.3. The van der Waals surface area contributed by atoms with Gasteiger partial charge in [0.1, 0.15) is 0 Å². The molecule has 100 valence electrons. The van der Waals surface area contributed by atoms with Gasteiger partial charge in [-0.1, -0.05) is 42.8 Å². The van der Waals surface area contributed by atoms with Crippen molar-refractivity contribution in [1.29, 1.82) is 5.26 Å². The fourth-order valence-corrected chi connectivity index (χ4v) is 2.78. The molecule has 0 amide bonds. The van der Waals surface area contributed by atoms with Crippen molar-refractivity contribution in [2.45, 2.75) is 39.0 Å².